The summed E-state index contributed by atoms with van der Waals surface area (Å²) in [5, 5.41) is 25.4. The Balaban J connectivity index is 1.03. The van der Waals surface area contributed by atoms with E-state index in [-0.39, 0.29) is 5.75 Å². The number of likely N-dealkylation sites (tertiary alicyclic amines) is 2. The summed E-state index contributed by atoms with van der Waals surface area (Å²) in [6, 6.07) is 15.4. The first kappa shape index (κ1) is 23.6. The lowest BCUT2D eigenvalue weighted by Gasteiger charge is -2.47. The van der Waals surface area contributed by atoms with Gasteiger partial charge in [0.2, 0.25) is 0 Å². The number of rotatable bonds is 6. The van der Waals surface area contributed by atoms with E-state index >= 15 is 0 Å². The highest BCUT2D eigenvalue weighted by molar-refractivity contribution is 5.90. The Labute approximate surface area is 222 Å². The molecular formula is C30H34N6O2. The van der Waals surface area contributed by atoms with Gasteiger partial charge in [0.05, 0.1) is 18.5 Å². The minimum atomic E-state index is 0.183. The molecule has 8 heteroatoms. The van der Waals surface area contributed by atoms with Gasteiger partial charge in [0.25, 0.3) is 0 Å². The highest BCUT2D eigenvalue weighted by Gasteiger charge is 2.38. The number of phenols is 1. The van der Waals surface area contributed by atoms with Crippen molar-refractivity contribution in [1.82, 2.24) is 29.8 Å². The maximum Gasteiger partial charge on any atom is 0.147 e. The summed E-state index contributed by atoms with van der Waals surface area (Å²) in [6.45, 7) is 4.68. The van der Waals surface area contributed by atoms with Crippen LogP contribution in [0, 0.1) is 0 Å². The fourth-order valence-corrected chi connectivity index (χ4v) is 6.23. The molecule has 0 amide bonds. The van der Waals surface area contributed by atoms with Crippen LogP contribution in [-0.4, -0.2) is 80.3 Å². The third-order valence-electron chi connectivity index (χ3n) is 8.61. The number of hydrogen-bond acceptors (Lipinski definition) is 7. The van der Waals surface area contributed by atoms with Crippen LogP contribution in [0.25, 0.3) is 33.3 Å². The summed E-state index contributed by atoms with van der Waals surface area (Å²) in [6.07, 6.45) is 7.37. The molecule has 2 aromatic heterocycles. The lowest BCUT2D eigenvalue weighted by molar-refractivity contribution is 0.0434. The van der Waals surface area contributed by atoms with Crippen molar-refractivity contribution in [1.29, 1.82) is 0 Å². The van der Waals surface area contributed by atoms with E-state index in [1.165, 1.54) is 38.8 Å². The average molecular weight is 511 g/mol. The molecule has 2 aromatic carbocycles. The summed E-state index contributed by atoms with van der Waals surface area (Å²) in [7, 11) is 3.54. The largest absolute Gasteiger partial charge is 0.507 e. The first-order chi connectivity index (χ1) is 18.6. The van der Waals surface area contributed by atoms with Gasteiger partial charge in [-0.1, -0.05) is 6.07 Å². The number of nitrogens with zero attached hydrogens (tertiary/aromatic N) is 6. The molecule has 3 fully saturated rings. The Hall–Kier alpha value is -3.49. The number of aryl methyl sites for hydroxylation is 1. The lowest BCUT2D eigenvalue weighted by Crippen LogP contribution is -2.54. The van der Waals surface area contributed by atoms with Crippen LogP contribution in [0.4, 0.5) is 0 Å². The van der Waals surface area contributed by atoms with E-state index in [4.69, 9.17) is 4.74 Å². The van der Waals surface area contributed by atoms with E-state index in [9.17, 15) is 5.11 Å². The zero-order valence-electron chi connectivity index (χ0n) is 22.0. The van der Waals surface area contributed by atoms with Crippen molar-refractivity contribution in [3.05, 3.63) is 54.4 Å². The molecule has 1 N–H and O–H groups in total. The summed E-state index contributed by atoms with van der Waals surface area (Å²) in [5.41, 5.74) is 5.09. The van der Waals surface area contributed by atoms with E-state index in [0.29, 0.717) is 22.9 Å². The van der Waals surface area contributed by atoms with Crippen LogP contribution in [0.5, 0.6) is 11.5 Å². The molecule has 7 rings (SSSR count). The van der Waals surface area contributed by atoms with Crippen molar-refractivity contribution in [2.75, 3.05) is 33.3 Å². The van der Waals surface area contributed by atoms with Gasteiger partial charge in [0.15, 0.2) is 0 Å². The second kappa shape index (κ2) is 9.36. The van der Waals surface area contributed by atoms with Crippen LogP contribution in [0.1, 0.15) is 37.3 Å². The molecular weight excluding hydrogens is 476 g/mol. The standard InChI is InChI=1S/C30H34N6O2/c1-34-16-21-13-20(15-29(38-2)30(21)33-34)19-3-6-25(28(37)14-19)27-8-7-26(31-32-27)22-17-36(18-22)24-9-11-35(12-10-24)23-4-5-23/h3,6-8,13-16,22-24,37H,4-5,9-12,17-18H2,1-2H3. The van der Waals surface area contributed by atoms with Gasteiger partial charge in [0, 0.05) is 55.3 Å². The van der Waals surface area contributed by atoms with Crippen LogP contribution >= 0.6 is 0 Å². The number of fused-ring (bicyclic) bond motifs is 1. The average Bonchev–Trinajstić information content (AvgIpc) is 3.69. The Morgan fingerprint density at radius 3 is 2.34 bits per heavy atom. The number of phenolic OH excluding ortho intramolecular Hbond substituents is 1. The van der Waals surface area contributed by atoms with Gasteiger partial charge < -0.3 is 14.7 Å². The van der Waals surface area contributed by atoms with Crippen molar-refractivity contribution in [3.8, 4) is 33.9 Å². The van der Waals surface area contributed by atoms with Crippen LogP contribution in [0.2, 0.25) is 0 Å². The van der Waals surface area contributed by atoms with Crippen LogP contribution in [-0.2, 0) is 7.05 Å². The maximum absolute atomic E-state index is 10.9. The molecule has 1 saturated carbocycles. The van der Waals surface area contributed by atoms with E-state index in [2.05, 4.69) is 37.2 Å². The van der Waals surface area contributed by atoms with Crippen LogP contribution < -0.4 is 4.74 Å². The fraction of sp³-hybridized carbons (Fsp3) is 0.433. The predicted molar refractivity (Wildman–Crippen MR) is 147 cm³/mol. The number of methoxy groups -OCH3 is 1. The SMILES string of the molecule is COc1cc(-c2ccc(-c3ccc(C4CN(C5CCN(C6CC6)CC5)C4)nn3)c(O)c2)cc2cn(C)nc12. The van der Waals surface area contributed by atoms with Gasteiger partial charge in [-0.25, -0.2) is 0 Å². The Kier molecular flexibility index (Phi) is 5.82. The highest BCUT2D eigenvalue weighted by atomic mass is 16.5. The van der Waals surface area contributed by atoms with Crippen molar-refractivity contribution >= 4 is 10.9 Å². The molecule has 196 valence electrons. The third kappa shape index (κ3) is 4.31. The summed E-state index contributed by atoms with van der Waals surface area (Å²) in [5.74, 6) is 1.34. The molecule has 2 saturated heterocycles. The second-order valence-corrected chi connectivity index (χ2v) is 11.1. The predicted octanol–water partition coefficient (Wildman–Crippen LogP) is 4.44. The van der Waals surface area contributed by atoms with Crippen molar-refractivity contribution in [3.63, 3.8) is 0 Å². The molecule has 4 aromatic rings. The van der Waals surface area contributed by atoms with Gasteiger partial charge >= 0.3 is 0 Å². The number of ether oxygens (including phenoxy) is 1. The molecule has 8 nitrogen and oxygen atoms in total. The molecule has 0 spiro atoms. The van der Waals surface area contributed by atoms with Crippen molar-refractivity contribution < 1.29 is 9.84 Å². The van der Waals surface area contributed by atoms with Gasteiger partial charge in [-0.3, -0.25) is 9.58 Å². The molecule has 1 aliphatic carbocycles. The Morgan fingerprint density at radius 2 is 1.66 bits per heavy atom. The Morgan fingerprint density at radius 1 is 0.868 bits per heavy atom. The molecule has 38 heavy (non-hydrogen) atoms. The van der Waals surface area contributed by atoms with Gasteiger partial charge in [-0.05, 0) is 86.3 Å². The topological polar surface area (TPSA) is 79.5 Å². The molecule has 2 aliphatic heterocycles. The minimum Gasteiger partial charge on any atom is -0.507 e. The molecule has 0 atom stereocenters. The lowest BCUT2D eigenvalue weighted by atomic mass is 9.90. The quantitative estimate of drug-likeness (QED) is 0.411. The first-order valence-electron chi connectivity index (χ1n) is 13.7. The van der Waals surface area contributed by atoms with Crippen LogP contribution in [0.3, 0.4) is 0 Å². The maximum atomic E-state index is 10.9. The van der Waals surface area contributed by atoms with E-state index in [0.717, 1.165) is 52.9 Å². The van der Waals surface area contributed by atoms with Crippen molar-refractivity contribution in [2.24, 2.45) is 7.05 Å². The zero-order chi connectivity index (χ0) is 25.8. The first-order valence-corrected chi connectivity index (χ1v) is 13.7. The van der Waals surface area contributed by atoms with E-state index < -0.39 is 0 Å². The zero-order valence-corrected chi connectivity index (χ0v) is 22.0. The summed E-state index contributed by atoms with van der Waals surface area (Å²) < 4.78 is 7.34. The smallest absolute Gasteiger partial charge is 0.147 e. The Bertz CT molecular complexity index is 1460. The molecule has 0 bridgehead atoms. The molecule has 0 unspecified atom stereocenters. The summed E-state index contributed by atoms with van der Waals surface area (Å²) >= 11 is 0. The number of benzene rings is 2. The van der Waals surface area contributed by atoms with Crippen LogP contribution in [0.15, 0.2) is 48.7 Å². The fourth-order valence-electron chi connectivity index (χ4n) is 6.23. The number of hydrogen-bond donors (Lipinski definition) is 1. The molecule has 4 heterocycles. The molecule has 0 radical (unpaired) electrons. The normalized spacial score (nSPS) is 19.6. The van der Waals surface area contributed by atoms with Crippen molar-refractivity contribution in [2.45, 2.75) is 43.7 Å². The minimum absolute atomic E-state index is 0.183. The van der Waals surface area contributed by atoms with E-state index in [1.807, 2.05) is 37.5 Å². The highest BCUT2D eigenvalue weighted by Crippen LogP contribution is 2.37. The number of piperidine rings is 1. The summed E-state index contributed by atoms with van der Waals surface area (Å²) in [4.78, 5) is 5.32. The number of aromatic hydroxyl groups is 1. The van der Waals surface area contributed by atoms with Gasteiger partial charge in [-0.15, -0.1) is 0 Å². The molecule has 3 aliphatic rings. The second-order valence-electron chi connectivity index (χ2n) is 11.1. The van der Waals surface area contributed by atoms with E-state index in [1.54, 1.807) is 17.9 Å². The van der Waals surface area contributed by atoms with Gasteiger partial charge in [-0.2, -0.15) is 15.3 Å². The number of aromatic nitrogens is 4. The third-order valence-corrected chi connectivity index (χ3v) is 8.61. The monoisotopic (exact) mass is 510 g/mol. The van der Waals surface area contributed by atoms with Gasteiger partial charge in [0.1, 0.15) is 17.0 Å².